The Kier molecular flexibility index (Phi) is 1.65. The molecule has 0 aromatic rings. The Balaban J connectivity index is 2.84. The summed E-state index contributed by atoms with van der Waals surface area (Å²) in [5.74, 6) is -4.52. The molecule has 1 aliphatic carbocycles. The molecule has 0 saturated heterocycles. The van der Waals surface area contributed by atoms with Crippen LogP contribution in [-0.4, -0.2) is 22.8 Å². The molecule has 3 nitrogen and oxygen atoms in total. The molecule has 1 saturated carbocycles. The van der Waals surface area contributed by atoms with Crippen LogP contribution in [0.1, 0.15) is 6.92 Å². The smallest absolute Gasteiger partial charge is 0.394 e. The maximum atomic E-state index is 12.0. The first-order valence-corrected chi connectivity index (χ1v) is 3.31. The second-order valence-electron chi connectivity index (χ2n) is 3.05. The van der Waals surface area contributed by atoms with Gasteiger partial charge in [-0.25, -0.2) is 0 Å². The van der Waals surface area contributed by atoms with Gasteiger partial charge in [0, 0.05) is 0 Å². The Morgan fingerprint density at radius 1 is 1.58 bits per heavy atom. The maximum absolute atomic E-state index is 12.0. The predicted octanol–water partition coefficient (Wildman–Crippen LogP) is 0.597. The van der Waals surface area contributed by atoms with E-state index in [2.05, 4.69) is 0 Å². The summed E-state index contributed by atoms with van der Waals surface area (Å²) >= 11 is 0. The van der Waals surface area contributed by atoms with Crippen molar-refractivity contribution in [3.8, 4) is 0 Å². The molecule has 0 unspecified atom stereocenters. The van der Waals surface area contributed by atoms with Crippen LogP contribution in [0.25, 0.3) is 0 Å². The first-order valence-electron chi connectivity index (χ1n) is 3.31. The molecular weight excluding hydrogens is 175 g/mol. The second kappa shape index (κ2) is 2.12. The summed E-state index contributed by atoms with van der Waals surface area (Å²) in [7, 11) is 0. The lowest BCUT2D eigenvalue weighted by Crippen LogP contribution is -2.39. The van der Waals surface area contributed by atoms with E-state index in [0.717, 1.165) is 0 Å². The minimum atomic E-state index is -4.51. The number of rotatable bonds is 1. The third-order valence-corrected chi connectivity index (χ3v) is 2.38. The molecule has 1 fully saturated rings. The quantitative estimate of drug-likeness (QED) is 0.625. The van der Waals surface area contributed by atoms with Gasteiger partial charge in [0.2, 0.25) is 0 Å². The summed E-state index contributed by atoms with van der Waals surface area (Å²) in [6.07, 6.45) is -4.51. The van der Waals surface area contributed by atoms with Gasteiger partial charge in [-0.2, -0.15) is 13.2 Å². The fourth-order valence-electron chi connectivity index (χ4n) is 1.47. The molecule has 70 valence electrons. The summed E-state index contributed by atoms with van der Waals surface area (Å²) in [4.78, 5) is 10.3. The van der Waals surface area contributed by atoms with Crippen molar-refractivity contribution in [3.05, 3.63) is 0 Å². The Bertz CT molecular complexity index is 227. The number of carboxylic acid groups (broad SMARTS) is 1. The molecule has 0 amide bonds. The van der Waals surface area contributed by atoms with E-state index in [-0.39, 0.29) is 0 Å². The number of halogens is 3. The van der Waals surface area contributed by atoms with Crippen molar-refractivity contribution in [2.45, 2.75) is 18.6 Å². The van der Waals surface area contributed by atoms with E-state index in [0.29, 0.717) is 0 Å². The fraction of sp³-hybridized carbons (Fsp3) is 0.833. The normalized spacial score (nSPS) is 41.1. The zero-order valence-electron chi connectivity index (χ0n) is 6.22. The van der Waals surface area contributed by atoms with E-state index >= 15 is 0 Å². The van der Waals surface area contributed by atoms with E-state index in [9.17, 15) is 18.0 Å². The molecule has 0 aliphatic heterocycles. The van der Waals surface area contributed by atoms with Gasteiger partial charge in [-0.3, -0.25) is 4.79 Å². The topological polar surface area (TPSA) is 63.3 Å². The van der Waals surface area contributed by atoms with E-state index in [1.165, 1.54) is 6.92 Å². The summed E-state index contributed by atoms with van der Waals surface area (Å²) in [5.41, 5.74) is 2.94. The van der Waals surface area contributed by atoms with Crippen LogP contribution in [0.4, 0.5) is 13.2 Å². The first-order chi connectivity index (χ1) is 5.22. The summed E-state index contributed by atoms with van der Waals surface area (Å²) in [6, 6.07) is 0. The number of hydrogen-bond donors (Lipinski definition) is 2. The molecule has 0 radical (unpaired) electrons. The first kappa shape index (κ1) is 9.31. The second-order valence-corrected chi connectivity index (χ2v) is 3.05. The third kappa shape index (κ3) is 0.979. The molecule has 1 rings (SSSR count). The largest absolute Gasteiger partial charge is 0.480 e. The lowest BCUT2D eigenvalue weighted by molar-refractivity contribution is -0.162. The summed E-state index contributed by atoms with van der Waals surface area (Å²) in [6.45, 7) is 1.19. The molecule has 0 aromatic heterocycles. The summed E-state index contributed by atoms with van der Waals surface area (Å²) < 4.78 is 36.0. The molecule has 3 atom stereocenters. The van der Waals surface area contributed by atoms with Gasteiger partial charge in [-0.15, -0.1) is 0 Å². The highest BCUT2D eigenvalue weighted by Crippen LogP contribution is 2.56. The SMILES string of the molecule is C[C@@H]1[C@@H](C(F)(F)F)[C@@]1(N)C(=O)O. The van der Waals surface area contributed by atoms with Crippen LogP contribution in [0.5, 0.6) is 0 Å². The highest BCUT2D eigenvalue weighted by molar-refractivity contribution is 5.84. The van der Waals surface area contributed by atoms with Crippen molar-refractivity contribution in [3.63, 3.8) is 0 Å². The Hall–Kier alpha value is -0.780. The van der Waals surface area contributed by atoms with Crippen LogP contribution in [-0.2, 0) is 4.79 Å². The van der Waals surface area contributed by atoms with Gasteiger partial charge >= 0.3 is 12.1 Å². The van der Waals surface area contributed by atoms with Crippen LogP contribution in [0, 0.1) is 11.8 Å². The minimum absolute atomic E-state index is 1.03. The van der Waals surface area contributed by atoms with Crippen molar-refractivity contribution < 1.29 is 23.1 Å². The number of nitrogens with two attached hydrogens (primary N) is 1. The van der Waals surface area contributed by atoms with Crippen molar-refractivity contribution in [2.24, 2.45) is 17.6 Å². The van der Waals surface area contributed by atoms with Crippen LogP contribution >= 0.6 is 0 Å². The molecule has 6 heteroatoms. The minimum Gasteiger partial charge on any atom is -0.480 e. The molecular formula is C6H8F3NO2. The van der Waals surface area contributed by atoms with Gasteiger partial charge in [0.25, 0.3) is 0 Å². The molecule has 0 spiro atoms. The van der Waals surface area contributed by atoms with Crippen LogP contribution < -0.4 is 5.73 Å². The fourth-order valence-corrected chi connectivity index (χ4v) is 1.47. The van der Waals surface area contributed by atoms with E-state index in [4.69, 9.17) is 10.8 Å². The van der Waals surface area contributed by atoms with Crippen molar-refractivity contribution in [1.82, 2.24) is 0 Å². The lowest BCUT2D eigenvalue weighted by atomic mass is 10.2. The monoisotopic (exact) mass is 183 g/mol. The zero-order valence-corrected chi connectivity index (χ0v) is 6.22. The maximum Gasteiger partial charge on any atom is 0.394 e. The van der Waals surface area contributed by atoms with Gasteiger partial charge < -0.3 is 10.8 Å². The van der Waals surface area contributed by atoms with E-state index < -0.39 is 29.5 Å². The van der Waals surface area contributed by atoms with Gasteiger partial charge in [0.1, 0.15) is 5.54 Å². The Morgan fingerprint density at radius 2 is 2.00 bits per heavy atom. The molecule has 12 heavy (non-hydrogen) atoms. The average Bonchev–Trinajstić information content (AvgIpc) is 2.35. The Labute approximate surface area is 66.4 Å². The van der Waals surface area contributed by atoms with Gasteiger partial charge in [-0.1, -0.05) is 6.92 Å². The van der Waals surface area contributed by atoms with Crippen LogP contribution in [0.3, 0.4) is 0 Å². The van der Waals surface area contributed by atoms with E-state index in [1.807, 2.05) is 0 Å². The summed E-state index contributed by atoms with van der Waals surface area (Å²) in [5, 5.41) is 8.39. The van der Waals surface area contributed by atoms with Gasteiger partial charge in [0.15, 0.2) is 0 Å². The van der Waals surface area contributed by atoms with Crippen molar-refractivity contribution in [1.29, 1.82) is 0 Å². The van der Waals surface area contributed by atoms with Crippen LogP contribution in [0.15, 0.2) is 0 Å². The average molecular weight is 183 g/mol. The number of aliphatic carboxylic acids is 1. The zero-order chi connectivity index (χ0) is 9.73. The lowest BCUT2D eigenvalue weighted by Gasteiger charge is -2.07. The molecule has 3 N–H and O–H groups in total. The van der Waals surface area contributed by atoms with Crippen molar-refractivity contribution in [2.75, 3.05) is 0 Å². The van der Waals surface area contributed by atoms with Crippen LogP contribution in [0.2, 0.25) is 0 Å². The number of carbonyl (C=O) groups is 1. The molecule has 0 bridgehead atoms. The Morgan fingerprint density at radius 3 is 2.08 bits per heavy atom. The number of alkyl halides is 3. The third-order valence-electron chi connectivity index (χ3n) is 2.38. The number of carboxylic acids is 1. The standard InChI is InChI=1S/C6H8F3NO2/c1-2-3(6(7,8)9)5(2,10)4(11)12/h2-3H,10H2,1H3,(H,11,12)/t2-,3-,5-/m1/s1. The van der Waals surface area contributed by atoms with Gasteiger partial charge in [-0.05, 0) is 5.92 Å². The molecule has 1 aliphatic rings. The van der Waals surface area contributed by atoms with E-state index in [1.54, 1.807) is 0 Å². The van der Waals surface area contributed by atoms with Crippen molar-refractivity contribution >= 4 is 5.97 Å². The number of hydrogen-bond acceptors (Lipinski definition) is 2. The highest BCUT2D eigenvalue weighted by Gasteiger charge is 2.75. The molecule has 0 heterocycles. The van der Waals surface area contributed by atoms with Gasteiger partial charge in [0.05, 0.1) is 5.92 Å². The highest BCUT2D eigenvalue weighted by atomic mass is 19.4. The predicted molar refractivity (Wildman–Crippen MR) is 33.3 cm³/mol. The molecule has 0 aromatic carbocycles.